The number of nitrogens with zero attached hydrogens (tertiary/aromatic N) is 1. The van der Waals surface area contributed by atoms with Crippen LogP contribution in [-0.2, 0) is 17.8 Å². The summed E-state index contributed by atoms with van der Waals surface area (Å²) in [5.74, 6) is -0.604. The van der Waals surface area contributed by atoms with E-state index < -0.39 is 4.92 Å². The molecule has 7 heteroatoms. The van der Waals surface area contributed by atoms with E-state index in [1.807, 2.05) is 0 Å². The van der Waals surface area contributed by atoms with Gasteiger partial charge in [-0.1, -0.05) is 12.1 Å². The normalized spacial score (nSPS) is 10.2. The van der Waals surface area contributed by atoms with Gasteiger partial charge in [-0.25, -0.2) is 4.39 Å². The number of carbonyl (C=O) groups excluding carboxylic acids is 1. The molecule has 0 fully saturated rings. The fourth-order valence-corrected chi connectivity index (χ4v) is 1.90. The van der Waals surface area contributed by atoms with Gasteiger partial charge in [0.05, 0.1) is 11.3 Å². The average molecular weight is 303 g/mol. The fraction of sp³-hybridized carbons (Fsp3) is 0.133. The second kappa shape index (κ2) is 6.66. The molecular weight excluding hydrogens is 289 g/mol. The lowest BCUT2D eigenvalue weighted by atomic mass is 10.1. The number of rotatable bonds is 5. The van der Waals surface area contributed by atoms with Gasteiger partial charge in [0.15, 0.2) is 0 Å². The first-order valence-electron chi connectivity index (χ1n) is 6.49. The van der Waals surface area contributed by atoms with E-state index in [1.54, 1.807) is 0 Å². The number of halogens is 1. The van der Waals surface area contributed by atoms with E-state index in [-0.39, 0.29) is 36.1 Å². The van der Waals surface area contributed by atoms with Crippen LogP contribution in [0.25, 0.3) is 0 Å². The van der Waals surface area contributed by atoms with Gasteiger partial charge in [-0.3, -0.25) is 14.9 Å². The van der Waals surface area contributed by atoms with E-state index in [0.29, 0.717) is 11.1 Å². The Hall–Kier alpha value is -2.96. The zero-order valence-corrected chi connectivity index (χ0v) is 11.6. The van der Waals surface area contributed by atoms with Crippen molar-refractivity contribution in [1.29, 1.82) is 0 Å². The minimum atomic E-state index is -0.534. The third-order valence-corrected chi connectivity index (χ3v) is 3.09. The summed E-state index contributed by atoms with van der Waals surface area (Å²) in [6.45, 7) is 0.170. The van der Waals surface area contributed by atoms with Gasteiger partial charge >= 0.3 is 0 Å². The summed E-state index contributed by atoms with van der Waals surface area (Å²) < 4.78 is 12.8. The SMILES string of the molecule is Nc1cc([N+](=O)[O-])ccc1CNC(=O)Cc1ccc(F)cc1. The number of benzene rings is 2. The van der Waals surface area contributed by atoms with Gasteiger partial charge < -0.3 is 11.1 Å². The number of nitrogen functional groups attached to an aromatic ring is 1. The Morgan fingerprint density at radius 3 is 2.50 bits per heavy atom. The maximum absolute atomic E-state index is 12.8. The van der Waals surface area contributed by atoms with Gasteiger partial charge in [0, 0.05) is 24.4 Å². The number of nitrogens with two attached hydrogens (primary N) is 1. The maximum Gasteiger partial charge on any atom is 0.271 e. The molecule has 0 atom stereocenters. The van der Waals surface area contributed by atoms with Crippen LogP contribution in [0.1, 0.15) is 11.1 Å². The summed E-state index contributed by atoms with van der Waals surface area (Å²) in [5.41, 5.74) is 7.15. The van der Waals surface area contributed by atoms with Crippen LogP contribution >= 0.6 is 0 Å². The lowest BCUT2D eigenvalue weighted by Gasteiger charge is -2.08. The molecule has 2 aromatic carbocycles. The molecule has 2 rings (SSSR count). The summed E-state index contributed by atoms with van der Waals surface area (Å²) in [6, 6.07) is 9.74. The minimum absolute atomic E-state index is 0.0983. The summed E-state index contributed by atoms with van der Waals surface area (Å²) >= 11 is 0. The molecule has 114 valence electrons. The molecule has 0 aliphatic heterocycles. The molecule has 6 nitrogen and oxygen atoms in total. The minimum Gasteiger partial charge on any atom is -0.398 e. The van der Waals surface area contributed by atoms with Gasteiger partial charge in [0.1, 0.15) is 5.82 Å². The number of nitro groups is 1. The molecular formula is C15H14FN3O3. The highest BCUT2D eigenvalue weighted by atomic mass is 19.1. The Morgan fingerprint density at radius 1 is 1.23 bits per heavy atom. The zero-order valence-electron chi connectivity index (χ0n) is 11.6. The Bertz CT molecular complexity index is 702. The highest BCUT2D eigenvalue weighted by Crippen LogP contribution is 2.19. The first-order valence-corrected chi connectivity index (χ1v) is 6.49. The van der Waals surface area contributed by atoms with Crippen molar-refractivity contribution < 1.29 is 14.1 Å². The zero-order chi connectivity index (χ0) is 16.1. The van der Waals surface area contributed by atoms with Crippen LogP contribution in [0.5, 0.6) is 0 Å². The van der Waals surface area contributed by atoms with Crippen molar-refractivity contribution in [3.63, 3.8) is 0 Å². The van der Waals surface area contributed by atoms with E-state index in [4.69, 9.17) is 5.73 Å². The van der Waals surface area contributed by atoms with Crippen molar-refractivity contribution in [1.82, 2.24) is 5.32 Å². The van der Waals surface area contributed by atoms with E-state index in [0.717, 1.165) is 0 Å². The molecule has 0 unspecified atom stereocenters. The Balaban J connectivity index is 1.93. The van der Waals surface area contributed by atoms with E-state index >= 15 is 0 Å². The molecule has 0 radical (unpaired) electrons. The second-order valence-corrected chi connectivity index (χ2v) is 4.72. The molecule has 0 spiro atoms. The Kier molecular flexibility index (Phi) is 4.67. The second-order valence-electron chi connectivity index (χ2n) is 4.72. The van der Waals surface area contributed by atoms with Crippen molar-refractivity contribution >= 4 is 17.3 Å². The molecule has 0 aromatic heterocycles. The van der Waals surface area contributed by atoms with Crippen molar-refractivity contribution in [2.45, 2.75) is 13.0 Å². The lowest BCUT2D eigenvalue weighted by molar-refractivity contribution is -0.384. The van der Waals surface area contributed by atoms with Crippen LogP contribution in [-0.4, -0.2) is 10.8 Å². The highest BCUT2D eigenvalue weighted by molar-refractivity contribution is 5.78. The summed E-state index contributed by atoms with van der Waals surface area (Å²) in [6.07, 6.45) is 0.118. The van der Waals surface area contributed by atoms with Crippen LogP contribution < -0.4 is 11.1 Å². The first kappa shape index (κ1) is 15.4. The smallest absolute Gasteiger partial charge is 0.271 e. The number of hydrogen-bond acceptors (Lipinski definition) is 4. The van der Waals surface area contributed by atoms with Crippen LogP contribution in [0, 0.1) is 15.9 Å². The molecule has 0 bridgehead atoms. The molecule has 0 saturated carbocycles. The van der Waals surface area contributed by atoms with Gasteiger partial charge in [-0.05, 0) is 29.3 Å². The fourth-order valence-electron chi connectivity index (χ4n) is 1.90. The van der Waals surface area contributed by atoms with E-state index in [2.05, 4.69) is 5.32 Å². The highest BCUT2D eigenvalue weighted by Gasteiger charge is 2.10. The van der Waals surface area contributed by atoms with Crippen molar-refractivity contribution in [2.24, 2.45) is 0 Å². The van der Waals surface area contributed by atoms with Crippen molar-refractivity contribution in [3.8, 4) is 0 Å². The number of hydrogen-bond donors (Lipinski definition) is 2. The first-order chi connectivity index (χ1) is 10.5. The summed E-state index contributed by atoms with van der Waals surface area (Å²) in [5, 5.41) is 13.3. The molecule has 3 N–H and O–H groups in total. The quantitative estimate of drug-likeness (QED) is 0.502. The van der Waals surface area contributed by atoms with Gasteiger partial charge in [0.25, 0.3) is 5.69 Å². The van der Waals surface area contributed by atoms with Crippen LogP contribution in [0.4, 0.5) is 15.8 Å². The summed E-state index contributed by atoms with van der Waals surface area (Å²) in [4.78, 5) is 21.9. The largest absolute Gasteiger partial charge is 0.398 e. The number of amides is 1. The summed E-state index contributed by atoms with van der Waals surface area (Å²) in [7, 11) is 0. The molecule has 0 saturated heterocycles. The third-order valence-electron chi connectivity index (χ3n) is 3.09. The number of anilines is 1. The van der Waals surface area contributed by atoms with Crippen LogP contribution in [0.15, 0.2) is 42.5 Å². The van der Waals surface area contributed by atoms with Crippen LogP contribution in [0.3, 0.4) is 0 Å². The predicted octanol–water partition coefficient (Wildman–Crippen LogP) is 2.17. The molecule has 0 heterocycles. The van der Waals surface area contributed by atoms with E-state index in [1.165, 1.54) is 42.5 Å². The molecule has 22 heavy (non-hydrogen) atoms. The number of nitro benzene ring substituents is 1. The average Bonchev–Trinajstić information content (AvgIpc) is 2.48. The molecule has 0 aliphatic carbocycles. The lowest BCUT2D eigenvalue weighted by Crippen LogP contribution is -2.25. The Labute approximate surface area is 125 Å². The maximum atomic E-state index is 12.8. The van der Waals surface area contributed by atoms with Crippen molar-refractivity contribution in [3.05, 3.63) is 69.5 Å². The number of carbonyl (C=O) groups is 1. The number of non-ortho nitro benzene ring substituents is 1. The van der Waals surface area contributed by atoms with Crippen LogP contribution in [0.2, 0.25) is 0 Å². The van der Waals surface area contributed by atoms with Gasteiger partial charge in [-0.2, -0.15) is 0 Å². The van der Waals surface area contributed by atoms with Crippen molar-refractivity contribution in [2.75, 3.05) is 5.73 Å². The predicted molar refractivity (Wildman–Crippen MR) is 79.5 cm³/mol. The third kappa shape index (κ3) is 4.02. The van der Waals surface area contributed by atoms with E-state index in [9.17, 15) is 19.3 Å². The Morgan fingerprint density at radius 2 is 1.91 bits per heavy atom. The monoisotopic (exact) mass is 303 g/mol. The standard InChI is InChI=1S/C15H14FN3O3/c16-12-4-1-10(2-5-12)7-15(20)18-9-11-3-6-13(19(21)22)8-14(11)17/h1-6,8H,7,9,17H2,(H,18,20). The molecule has 1 amide bonds. The van der Waals surface area contributed by atoms with Gasteiger partial charge in [-0.15, -0.1) is 0 Å². The molecule has 2 aromatic rings. The topological polar surface area (TPSA) is 98.3 Å². The molecule has 0 aliphatic rings. The van der Waals surface area contributed by atoms with Gasteiger partial charge in [0.2, 0.25) is 5.91 Å². The number of nitrogens with one attached hydrogen (secondary N) is 1.